The molecule has 1 aromatic carbocycles. The Morgan fingerprint density at radius 2 is 2.00 bits per heavy atom. The lowest BCUT2D eigenvalue weighted by Gasteiger charge is -2.10. The first-order chi connectivity index (χ1) is 6.74. The van der Waals surface area contributed by atoms with Crippen LogP contribution in [0.1, 0.15) is 17.9 Å². The molecule has 76 valence electrons. The zero-order valence-corrected chi connectivity index (χ0v) is 7.80. The molecule has 1 rings (SSSR count). The highest BCUT2D eigenvalue weighted by Crippen LogP contribution is 2.18. The summed E-state index contributed by atoms with van der Waals surface area (Å²) < 4.78 is 0. The van der Waals surface area contributed by atoms with E-state index in [1.54, 1.807) is 0 Å². The molecule has 0 spiro atoms. The van der Waals surface area contributed by atoms with E-state index in [1.807, 2.05) is 30.3 Å². The fourth-order valence-corrected chi connectivity index (χ4v) is 1.42. The van der Waals surface area contributed by atoms with Crippen LogP contribution in [0.15, 0.2) is 30.3 Å². The molecule has 0 unspecified atom stereocenters. The third kappa shape index (κ3) is 3.14. The number of hydrogen-bond acceptors (Lipinski definition) is 3. The summed E-state index contributed by atoms with van der Waals surface area (Å²) in [5.74, 6) is -0.184. The molecule has 0 saturated carbocycles. The second-order valence-corrected chi connectivity index (χ2v) is 3.14. The van der Waals surface area contributed by atoms with Gasteiger partial charge in [-0.2, -0.15) is 0 Å². The highest BCUT2D eigenvalue weighted by atomic mass is 16.6. The zero-order valence-electron chi connectivity index (χ0n) is 7.80. The fourth-order valence-electron chi connectivity index (χ4n) is 1.42. The van der Waals surface area contributed by atoms with Crippen molar-refractivity contribution in [1.29, 1.82) is 0 Å². The summed E-state index contributed by atoms with van der Waals surface area (Å²) in [6.07, 6.45) is 0.436. The van der Waals surface area contributed by atoms with Crippen LogP contribution in [-0.2, 0) is 0 Å². The molecular formula is C10H13NO3. The van der Waals surface area contributed by atoms with Gasteiger partial charge < -0.3 is 5.11 Å². The lowest BCUT2D eigenvalue weighted by Crippen LogP contribution is -2.13. The molecule has 0 bridgehead atoms. The van der Waals surface area contributed by atoms with Crippen LogP contribution >= 0.6 is 0 Å². The van der Waals surface area contributed by atoms with E-state index in [9.17, 15) is 10.1 Å². The fraction of sp³-hybridized carbons (Fsp3) is 0.400. The monoisotopic (exact) mass is 195 g/mol. The van der Waals surface area contributed by atoms with Crippen LogP contribution in [-0.4, -0.2) is 23.2 Å². The number of aliphatic hydroxyl groups is 1. The van der Waals surface area contributed by atoms with Gasteiger partial charge in [0, 0.05) is 11.5 Å². The van der Waals surface area contributed by atoms with Gasteiger partial charge in [-0.3, -0.25) is 10.1 Å². The van der Waals surface area contributed by atoms with Gasteiger partial charge in [-0.1, -0.05) is 30.3 Å². The van der Waals surface area contributed by atoms with Gasteiger partial charge in [0.25, 0.3) is 0 Å². The van der Waals surface area contributed by atoms with E-state index in [2.05, 4.69) is 0 Å². The highest BCUT2D eigenvalue weighted by molar-refractivity contribution is 5.19. The van der Waals surface area contributed by atoms with Gasteiger partial charge in [0.15, 0.2) is 0 Å². The third-order valence-electron chi connectivity index (χ3n) is 2.12. The number of aliphatic hydroxyl groups excluding tert-OH is 1. The Labute approximate surface area is 82.3 Å². The van der Waals surface area contributed by atoms with Crippen LogP contribution < -0.4 is 0 Å². The molecule has 1 atom stereocenters. The number of nitro groups is 1. The molecule has 1 N–H and O–H groups in total. The molecule has 0 aromatic heterocycles. The van der Waals surface area contributed by atoms with Crippen LogP contribution in [0.25, 0.3) is 0 Å². The summed E-state index contributed by atoms with van der Waals surface area (Å²) >= 11 is 0. The number of hydrogen-bond donors (Lipinski definition) is 1. The molecule has 0 amide bonds. The average molecular weight is 195 g/mol. The summed E-state index contributed by atoms with van der Waals surface area (Å²) in [7, 11) is 0. The quantitative estimate of drug-likeness (QED) is 0.571. The van der Waals surface area contributed by atoms with Crippen molar-refractivity contribution in [2.45, 2.75) is 12.3 Å². The Hall–Kier alpha value is -1.42. The standard InChI is InChI=1S/C10H13NO3/c12-7-6-10(8-11(13)14)9-4-2-1-3-5-9/h1-5,10,12H,6-8H2/t10-/m0/s1. The smallest absolute Gasteiger partial charge is 0.210 e. The molecule has 0 saturated heterocycles. The summed E-state index contributed by atoms with van der Waals surface area (Å²) in [6.45, 7) is -0.141. The van der Waals surface area contributed by atoms with Gasteiger partial charge in [0.1, 0.15) is 0 Å². The van der Waals surface area contributed by atoms with Crippen LogP contribution in [0.4, 0.5) is 0 Å². The van der Waals surface area contributed by atoms with Gasteiger partial charge in [0.05, 0.1) is 5.92 Å². The Morgan fingerprint density at radius 1 is 1.36 bits per heavy atom. The Balaban J connectivity index is 2.72. The molecule has 4 nitrogen and oxygen atoms in total. The maximum absolute atomic E-state index is 10.4. The van der Waals surface area contributed by atoms with Crippen molar-refractivity contribution in [2.75, 3.05) is 13.2 Å². The zero-order chi connectivity index (χ0) is 10.4. The first kappa shape index (κ1) is 10.7. The minimum absolute atomic E-state index is 0.0204. The van der Waals surface area contributed by atoms with Gasteiger partial charge in [0.2, 0.25) is 6.54 Å². The molecule has 0 aliphatic rings. The van der Waals surface area contributed by atoms with E-state index >= 15 is 0 Å². The molecule has 0 aliphatic heterocycles. The Bertz CT molecular complexity index is 287. The summed E-state index contributed by atoms with van der Waals surface area (Å²) in [4.78, 5) is 10.0. The van der Waals surface area contributed by atoms with Crippen molar-refractivity contribution in [3.05, 3.63) is 46.0 Å². The first-order valence-corrected chi connectivity index (χ1v) is 4.51. The molecule has 0 aliphatic carbocycles. The molecule has 0 heterocycles. The minimum atomic E-state index is -0.340. The topological polar surface area (TPSA) is 63.4 Å². The van der Waals surface area contributed by atoms with E-state index in [0.29, 0.717) is 6.42 Å². The van der Waals surface area contributed by atoms with Crippen molar-refractivity contribution in [1.82, 2.24) is 0 Å². The molecule has 14 heavy (non-hydrogen) atoms. The molecule has 0 fully saturated rings. The van der Waals surface area contributed by atoms with Crippen molar-refractivity contribution in [3.8, 4) is 0 Å². The van der Waals surface area contributed by atoms with Crippen LogP contribution in [0, 0.1) is 10.1 Å². The maximum Gasteiger partial charge on any atom is 0.210 e. The maximum atomic E-state index is 10.4. The Morgan fingerprint density at radius 3 is 2.50 bits per heavy atom. The van der Waals surface area contributed by atoms with E-state index in [0.717, 1.165) is 5.56 Å². The first-order valence-electron chi connectivity index (χ1n) is 4.51. The van der Waals surface area contributed by atoms with E-state index in [4.69, 9.17) is 5.11 Å². The number of rotatable bonds is 5. The lowest BCUT2D eigenvalue weighted by atomic mass is 9.96. The van der Waals surface area contributed by atoms with Gasteiger partial charge in [-0.05, 0) is 12.0 Å². The lowest BCUT2D eigenvalue weighted by molar-refractivity contribution is -0.483. The SMILES string of the molecule is O=[N+]([O-])C[C@H](CCO)c1ccccc1. The summed E-state index contributed by atoms with van der Waals surface area (Å²) in [6, 6.07) is 9.26. The number of benzene rings is 1. The average Bonchev–Trinajstić information content (AvgIpc) is 2.18. The van der Waals surface area contributed by atoms with Gasteiger partial charge in [-0.15, -0.1) is 0 Å². The van der Waals surface area contributed by atoms with E-state index < -0.39 is 0 Å². The summed E-state index contributed by atoms with van der Waals surface area (Å²) in [5.41, 5.74) is 0.915. The van der Waals surface area contributed by atoms with Crippen molar-refractivity contribution in [2.24, 2.45) is 0 Å². The second kappa shape index (κ2) is 5.34. The second-order valence-electron chi connectivity index (χ2n) is 3.14. The predicted octanol–water partition coefficient (Wildman–Crippen LogP) is 1.43. The predicted molar refractivity (Wildman–Crippen MR) is 52.7 cm³/mol. The minimum Gasteiger partial charge on any atom is -0.396 e. The highest BCUT2D eigenvalue weighted by Gasteiger charge is 2.16. The van der Waals surface area contributed by atoms with Gasteiger partial charge in [-0.25, -0.2) is 0 Å². The third-order valence-corrected chi connectivity index (χ3v) is 2.12. The van der Waals surface area contributed by atoms with Crippen molar-refractivity contribution in [3.63, 3.8) is 0 Å². The van der Waals surface area contributed by atoms with Crippen LogP contribution in [0.3, 0.4) is 0 Å². The van der Waals surface area contributed by atoms with Crippen LogP contribution in [0.2, 0.25) is 0 Å². The van der Waals surface area contributed by atoms with E-state index in [1.165, 1.54) is 0 Å². The number of nitrogens with zero attached hydrogens (tertiary/aromatic N) is 1. The molecular weight excluding hydrogens is 182 g/mol. The van der Waals surface area contributed by atoms with Crippen LogP contribution in [0.5, 0.6) is 0 Å². The largest absolute Gasteiger partial charge is 0.396 e. The molecule has 0 radical (unpaired) electrons. The Kier molecular flexibility index (Phi) is 4.07. The van der Waals surface area contributed by atoms with E-state index in [-0.39, 0.29) is 24.0 Å². The normalized spacial score (nSPS) is 12.4. The van der Waals surface area contributed by atoms with Crippen molar-refractivity contribution >= 4 is 0 Å². The van der Waals surface area contributed by atoms with Gasteiger partial charge >= 0.3 is 0 Å². The summed E-state index contributed by atoms with van der Waals surface area (Å²) in [5, 5.41) is 19.2. The van der Waals surface area contributed by atoms with Crippen molar-refractivity contribution < 1.29 is 10.0 Å². The molecule has 1 aromatic rings. The molecule has 4 heteroatoms.